The van der Waals surface area contributed by atoms with Gasteiger partial charge in [0.05, 0.1) is 24.3 Å². The van der Waals surface area contributed by atoms with Crippen molar-refractivity contribution >= 4 is 24.3 Å². The predicted molar refractivity (Wildman–Crippen MR) is 118 cm³/mol. The van der Waals surface area contributed by atoms with Crippen molar-refractivity contribution in [3.05, 3.63) is 48.9 Å². The molecule has 31 heavy (non-hydrogen) atoms. The van der Waals surface area contributed by atoms with Crippen molar-refractivity contribution in [2.45, 2.75) is 25.6 Å². The lowest BCUT2D eigenvalue weighted by Gasteiger charge is -2.33. The Bertz CT molecular complexity index is 1190. The van der Waals surface area contributed by atoms with E-state index in [-0.39, 0.29) is 5.92 Å². The third kappa shape index (κ3) is 3.89. The third-order valence-corrected chi connectivity index (χ3v) is 5.73. The number of hydrogen-bond donors (Lipinski definition) is 2. The van der Waals surface area contributed by atoms with Crippen molar-refractivity contribution in [3.63, 3.8) is 0 Å². The molecule has 158 valence electrons. The van der Waals surface area contributed by atoms with Crippen LogP contribution in [0.5, 0.6) is 0 Å². The summed E-state index contributed by atoms with van der Waals surface area (Å²) in [6.45, 7) is 3.48. The average molecular weight is 417 g/mol. The van der Waals surface area contributed by atoms with E-state index in [1.54, 1.807) is 27.8 Å². The molecule has 1 unspecified atom stereocenters. The fraction of sp³-hybridized carbons (Fsp3) is 0.350. The molecule has 11 heteroatoms. The van der Waals surface area contributed by atoms with E-state index in [9.17, 15) is 5.02 Å². The summed E-state index contributed by atoms with van der Waals surface area (Å²) in [5, 5.41) is 22.3. The van der Waals surface area contributed by atoms with E-state index in [0.29, 0.717) is 5.82 Å². The Morgan fingerprint density at radius 3 is 2.84 bits per heavy atom. The van der Waals surface area contributed by atoms with Gasteiger partial charge < -0.3 is 15.2 Å². The Morgan fingerprint density at radius 2 is 2.10 bits per heavy atom. The van der Waals surface area contributed by atoms with Crippen LogP contribution < -0.4 is 5.32 Å². The zero-order valence-corrected chi connectivity index (χ0v) is 17.5. The van der Waals surface area contributed by atoms with Gasteiger partial charge in [0.25, 0.3) is 0 Å². The normalized spacial score (nSPS) is 17.2. The van der Waals surface area contributed by atoms with E-state index < -0.39 is 7.05 Å². The maximum atomic E-state index is 10.1. The molecular formula is C20H24BN9O. The largest absolute Gasteiger partial charge is 0.437 e. The number of nitrogens with one attached hydrogen (secondary N) is 1. The summed E-state index contributed by atoms with van der Waals surface area (Å²) in [4.78, 5) is 15.6. The summed E-state index contributed by atoms with van der Waals surface area (Å²) in [5.74, 6) is 1.62. The lowest BCUT2D eigenvalue weighted by Crippen LogP contribution is -2.43. The van der Waals surface area contributed by atoms with Crippen LogP contribution in [0.3, 0.4) is 0 Å². The number of rotatable bonds is 5. The minimum Gasteiger partial charge on any atom is -0.437 e. The van der Waals surface area contributed by atoms with Gasteiger partial charge in [0, 0.05) is 48.7 Å². The van der Waals surface area contributed by atoms with Crippen LogP contribution in [0, 0.1) is 0 Å². The second-order valence-electron chi connectivity index (χ2n) is 7.94. The molecule has 5 heterocycles. The van der Waals surface area contributed by atoms with Crippen molar-refractivity contribution < 1.29 is 5.02 Å². The maximum absolute atomic E-state index is 10.1. The van der Waals surface area contributed by atoms with Crippen molar-refractivity contribution in [2.75, 3.05) is 18.4 Å². The van der Waals surface area contributed by atoms with E-state index in [1.165, 1.54) is 0 Å². The summed E-state index contributed by atoms with van der Waals surface area (Å²) in [6, 6.07) is 2.03. The molecule has 0 radical (unpaired) electrons. The monoisotopic (exact) mass is 417 g/mol. The van der Waals surface area contributed by atoms with Crippen LogP contribution in [0.2, 0.25) is 6.82 Å². The Kier molecular flexibility index (Phi) is 5.12. The molecule has 0 amide bonds. The molecule has 1 saturated heterocycles. The highest BCUT2D eigenvalue weighted by Gasteiger charge is 2.28. The lowest BCUT2D eigenvalue weighted by molar-refractivity contribution is 0.283. The quantitative estimate of drug-likeness (QED) is 0.475. The van der Waals surface area contributed by atoms with Crippen LogP contribution in [0.1, 0.15) is 24.5 Å². The number of hydrogen-bond acceptors (Lipinski definition) is 8. The number of aromatic nitrogens is 7. The molecule has 0 aromatic carbocycles. The SMILES string of the molecule is CB(O)N1CCCC(c2cc(Nc3cnccn3)n3ncc(-c4cnn(C)c4)c3n2)C1. The molecule has 0 bridgehead atoms. The molecule has 10 nitrogen and oxygen atoms in total. The van der Waals surface area contributed by atoms with Gasteiger partial charge in [-0.2, -0.15) is 14.7 Å². The summed E-state index contributed by atoms with van der Waals surface area (Å²) in [5.41, 5.74) is 3.60. The van der Waals surface area contributed by atoms with Gasteiger partial charge in [0.15, 0.2) is 5.65 Å². The van der Waals surface area contributed by atoms with E-state index in [4.69, 9.17) is 4.98 Å². The van der Waals surface area contributed by atoms with Crippen LogP contribution >= 0.6 is 0 Å². The van der Waals surface area contributed by atoms with Gasteiger partial charge in [0.1, 0.15) is 11.6 Å². The number of fused-ring (bicyclic) bond motifs is 1. The molecule has 5 rings (SSSR count). The molecule has 1 atom stereocenters. The Morgan fingerprint density at radius 1 is 1.19 bits per heavy atom. The first-order valence-electron chi connectivity index (χ1n) is 10.4. The minimum atomic E-state index is -0.468. The van der Waals surface area contributed by atoms with E-state index in [2.05, 4.69) is 30.3 Å². The zero-order valence-electron chi connectivity index (χ0n) is 17.5. The van der Waals surface area contributed by atoms with Crippen LogP contribution in [-0.2, 0) is 7.05 Å². The lowest BCUT2D eigenvalue weighted by atomic mass is 9.80. The topological polar surface area (TPSA) is 109 Å². The molecule has 2 N–H and O–H groups in total. The molecule has 1 aliphatic rings. The standard InChI is InChI=1S/C20H24BN9O/c1-21(31)29-7-3-4-14(13-29)17-8-19(27-18-11-22-5-6-23-18)30-20(26-17)16(10-25-30)15-9-24-28(2)12-15/h5-6,8-12,14,31H,3-4,7,13H2,1-2H3,(H,23,27). The van der Waals surface area contributed by atoms with Gasteiger partial charge in [-0.25, -0.2) is 9.97 Å². The van der Waals surface area contributed by atoms with Crippen LogP contribution in [-0.4, -0.2) is 64.3 Å². The van der Waals surface area contributed by atoms with Crippen molar-refractivity contribution in [3.8, 4) is 11.1 Å². The molecule has 1 fully saturated rings. The highest BCUT2D eigenvalue weighted by Crippen LogP contribution is 2.31. The number of aryl methyl sites for hydroxylation is 1. The number of nitrogens with zero attached hydrogens (tertiary/aromatic N) is 8. The molecule has 1 aliphatic heterocycles. The van der Waals surface area contributed by atoms with Gasteiger partial charge in [-0.1, -0.05) is 0 Å². The molecule has 0 aliphatic carbocycles. The van der Waals surface area contributed by atoms with Crippen LogP contribution in [0.15, 0.2) is 43.2 Å². The highest BCUT2D eigenvalue weighted by atomic mass is 16.2. The smallest absolute Gasteiger partial charge is 0.376 e. The van der Waals surface area contributed by atoms with Gasteiger partial charge in [-0.15, -0.1) is 0 Å². The Hall–Kier alpha value is -3.31. The third-order valence-electron chi connectivity index (χ3n) is 5.73. The fourth-order valence-electron chi connectivity index (χ4n) is 4.13. The van der Waals surface area contributed by atoms with Gasteiger partial charge in [0.2, 0.25) is 0 Å². The van der Waals surface area contributed by atoms with Crippen LogP contribution in [0.25, 0.3) is 16.8 Å². The second-order valence-corrected chi connectivity index (χ2v) is 7.94. The van der Waals surface area contributed by atoms with Gasteiger partial charge >= 0.3 is 7.05 Å². The first-order chi connectivity index (χ1) is 15.1. The summed E-state index contributed by atoms with van der Waals surface area (Å²) < 4.78 is 3.55. The predicted octanol–water partition coefficient (Wildman–Crippen LogP) is 1.95. The van der Waals surface area contributed by atoms with E-state index >= 15 is 0 Å². The summed E-state index contributed by atoms with van der Waals surface area (Å²) in [6.07, 6.45) is 12.6. The first-order valence-corrected chi connectivity index (χ1v) is 10.4. The zero-order chi connectivity index (χ0) is 21.4. The molecule has 0 saturated carbocycles. The van der Waals surface area contributed by atoms with Crippen molar-refractivity contribution in [1.29, 1.82) is 0 Å². The molecule has 4 aromatic heterocycles. The number of piperidine rings is 1. The molecular weight excluding hydrogens is 393 g/mol. The Labute approximate surface area is 180 Å². The average Bonchev–Trinajstić information content (AvgIpc) is 3.40. The minimum absolute atomic E-state index is 0.215. The summed E-state index contributed by atoms with van der Waals surface area (Å²) in [7, 11) is 1.42. The van der Waals surface area contributed by atoms with E-state index in [1.807, 2.05) is 38.5 Å². The Balaban J connectivity index is 1.61. The van der Waals surface area contributed by atoms with E-state index in [0.717, 1.165) is 54.2 Å². The maximum Gasteiger partial charge on any atom is 0.376 e. The molecule has 0 spiro atoms. The van der Waals surface area contributed by atoms with Crippen LogP contribution in [0.4, 0.5) is 11.6 Å². The second kappa shape index (κ2) is 8.08. The number of anilines is 2. The fourth-order valence-corrected chi connectivity index (χ4v) is 4.13. The first kappa shape index (κ1) is 19.6. The highest BCUT2D eigenvalue weighted by molar-refractivity contribution is 6.45. The molecule has 4 aromatic rings. The van der Waals surface area contributed by atoms with Crippen molar-refractivity contribution in [1.82, 2.24) is 39.2 Å². The summed E-state index contributed by atoms with van der Waals surface area (Å²) >= 11 is 0. The van der Waals surface area contributed by atoms with Crippen molar-refractivity contribution in [2.24, 2.45) is 7.05 Å². The van der Waals surface area contributed by atoms with Gasteiger partial charge in [-0.05, 0) is 32.8 Å². The van der Waals surface area contributed by atoms with Gasteiger partial charge in [-0.3, -0.25) is 9.67 Å².